The van der Waals surface area contributed by atoms with Crippen molar-refractivity contribution < 1.29 is 4.79 Å². The van der Waals surface area contributed by atoms with Crippen molar-refractivity contribution in [3.8, 4) is 0 Å². The van der Waals surface area contributed by atoms with Crippen molar-refractivity contribution in [1.82, 2.24) is 10.4 Å². The van der Waals surface area contributed by atoms with Crippen LogP contribution in [-0.2, 0) is 4.79 Å². The summed E-state index contributed by atoms with van der Waals surface area (Å²) in [6.07, 6.45) is 4.79. The highest BCUT2D eigenvalue weighted by atomic mass is 16.2. The lowest BCUT2D eigenvalue weighted by Gasteiger charge is -2.15. The summed E-state index contributed by atoms with van der Waals surface area (Å²) < 4.78 is 0. The number of unbranched alkanes of at least 4 members (excludes halogenated alkanes) is 2. The predicted octanol–water partition coefficient (Wildman–Crippen LogP) is 1.33. The average molecular weight is 170 g/mol. The summed E-state index contributed by atoms with van der Waals surface area (Å²) in [7, 11) is 1.70. The molecule has 0 saturated carbocycles. The first-order valence-electron chi connectivity index (χ1n) is 4.36. The Morgan fingerprint density at radius 3 is 2.75 bits per heavy atom. The molecule has 0 aliphatic rings. The Balaban J connectivity index is 3.37. The minimum Gasteiger partial charge on any atom is -0.278 e. The second-order valence-corrected chi connectivity index (χ2v) is 2.72. The molecule has 0 aliphatic carbocycles. The van der Waals surface area contributed by atoms with Crippen LogP contribution in [0.15, 0.2) is 12.7 Å². The van der Waals surface area contributed by atoms with Crippen LogP contribution in [0.5, 0.6) is 0 Å². The molecule has 0 spiro atoms. The van der Waals surface area contributed by atoms with E-state index in [1.165, 1.54) is 23.9 Å². The summed E-state index contributed by atoms with van der Waals surface area (Å²) >= 11 is 0. The number of amides is 1. The van der Waals surface area contributed by atoms with Gasteiger partial charge in [-0.05, 0) is 12.5 Å². The van der Waals surface area contributed by atoms with Crippen LogP contribution in [-0.4, -0.2) is 24.5 Å². The van der Waals surface area contributed by atoms with Gasteiger partial charge >= 0.3 is 0 Å². The minimum atomic E-state index is -0.0912. The third-order valence-electron chi connectivity index (χ3n) is 1.63. The zero-order chi connectivity index (χ0) is 9.40. The number of nitrogens with zero attached hydrogens (tertiary/aromatic N) is 1. The van der Waals surface area contributed by atoms with E-state index in [0.29, 0.717) is 0 Å². The Hall–Kier alpha value is -0.830. The Morgan fingerprint density at radius 1 is 1.58 bits per heavy atom. The molecule has 0 heterocycles. The van der Waals surface area contributed by atoms with E-state index in [0.717, 1.165) is 13.0 Å². The van der Waals surface area contributed by atoms with Gasteiger partial charge in [-0.3, -0.25) is 9.80 Å². The summed E-state index contributed by atoms with van der Waals surface area (Å²) in [5.74, 6) is -0.0912. The molecule has 12 heavy (non-hydrogen) atoms. The number of hydrogen-bond donors (Lipinski definition) is 1. The number of nitrogens with one attached hydrogen (secondary N) is 1. The molecule has 0 saturated heterocycles. The van der Waals surface area contributed by atoms with Gasteiger partial charge in [0.2, 0.25) is 0 Å². The van der Waals surface area contributed by atoms with E-state index in [-0.39, 0.29) is 5.91 Å². The first-order valence-corrected chi connectivity index (χ1v) is 4.36. The zero-order valence-electron chi connectivity index (χ0n) is 7.97. The van der Waals surface area contributed by atoms with Crippen LogP contribution >= 0.6 is 0 Å². The fourth-order valence-corrected chi connectivity index (χ4v) is 0.837. The largest absolute Gasteiger partial charge is 0.278 e. The Kier molecular flexibility index (Phi) is 6.38. The van der Waals surface area contributed by atoms with Crippen LogP contribution in [0.25, 0.3) is 0 Å². The van der Waals surface area contributed by atoms with Crippen molar-refractivity contribution in [3.05, 3.63) is 12.7 Å². The standard InChI is InChI=1S/C9H18N2O/c1-4-6-7-8-10-11(3)9(12)5-2/h5,10H,2,4,6-8H2,1,3H3. The molecule has 1 N–H and O–H groups in total. The van der Waals surface area contributed by atoms with Crippen LogP contribution in [0.4, 0.5) is 0 Å². The van der Waals surface area contributed by atoms with E-state index in [1.54, 1.807) is 7.05 Å². The summed E-state index contributed by atoms with van der Waals surface area (Å²) in [6.45, 7) is 6.40. The number of likely N-dealkylation sites (N-methyl/N-ethyl adjacent to an activating group) is 1. The van der Waals surface area contributed by atoms with Crippen molar-refractivity contribution >= 4 is 5.91 Å². The fourth-order valence-electron chi connectivity index (χ4n) is 0.837. The van der Waals surface area contributed by atoms with Crippen molar-refractivity contribution in [2.24, 2.45) is 0 Å². The van der Waals surface area contributed by atoms with E-state index in [9.17, 15) is 4.79 Å². The molecule has 3 heteroatoms. The van der Waals surface area contributed by atoms with E-state index in [4.69, 9.17) is 0 Å². The van der Waals surface area contributed by atoms with E-state index in [2.05, 4.69) is 18.9 Å². The van der Waals surface area contributed by atoms with E-state index in [1.807, 2.05) is 0 Å². The molecule has 0 atom stereocenters. The number of hydrogen-bond acceptors (Lipinski definition) is 2. The number of rotatable bonds is 6. The average Bonchev–Trinajstić information content (AvgIpc) is 2.10. The van der Waals surface area contributed by atoms with Gasteiger partial charge in [-0.2, -0.15) is 0 Å². The van der Waals surface area contributed by atoms with Crippen LogP contribution in [0.2, 0.25) is 0 Å². The van der Waals surface area contributed by atoms with E-state index >= 15 is 0 Å². The summed E-state index contributed by atoms with van der Waals surface area (Å²) in [4.78, 5) is 10.9. The second-order valence-electron chi connectivity index (χ2n) is 2.72. The Bertz CT molecular complexity index is 145. The fraction of sp³-hybridized carbons (Fsp3) is 0.667. The van der Waals surface area contributed by atoms with Crippen molar-refractivity contribution in [2.75, 3.05) is 13.6 Å². The molecule has 0 radical (unpaired) electrons. The highest BCUT2D eigenvalue weighted by Crippen LogP contribution is 1.91. The molecule has 0 aromatic rings. The van der Waals surface area contributed by atoms with Gasteiger partial charge in [0.25, 0.3) is 5.91 Å². The SMILES string of the molecule is C=CC(=O)N(C)NCCCCC. The lowest BCUT2D eigenvalue weighted by molar-refractivity contribution is -0.127. The van der Waals surface area contributed by atoms with Gasteiger partial charge in [0, 0.05) is 13.6 Å². The molecule has 0 aromatic carbocycles. The molecule has 0 unspecified atom stereocenters. The first-order chi connectivity index (χ1) is 5.72. The normalized spacial score (nSPS) is 9.50. The third kappa shape index (κ3) is 4.91. The van der Waals surface area contributed by atoms with Gasteiger partial charge in [-0.15, -0.1) is 0 Å². The van der Waals surface area contributed by atoms with Gasteiger partial charge in [0.15, 0.2) is 0 Å². The van der Waals surface area contributed by atoms with Crippen molar-refractivity contribution in [1.29, 1.82) is 0 Å². The molecule has 70 valence electrons. The maximum atomic E-state index is 10.9. The van der Waals surface area contributed by atoms with Crippen LogP contribution < -0.4 is 5.43 Å². The monoisotopic (exact) mass is 170 g/mol. The van der Waals surface area contributed by atoms with Crippen molar-refractivity contribution in [2.45, 2.75) is 26.2 Å². The number of hydrazine groups is 1. The second kappa shape index (κ2) is 6.85. The first kappa shape index (κ1) is 11.2. The topological polar surface area (TPSA) is 32.3 Å². The third-order valence-corrected chi connectivity index (χ3v) is 1.63. The molecule has 0 aliphatic heterocycles. The highest BCUT2D eigenvalue weighted by Gasteiger charge is 2.00. The number of carbonyl (C=O) groups is 1. The lowest BCUT2D eigenvalue weighted by Crippen LogP contribution is -2.38. The Labute approximate surface area is 74.4 Å². The quantitative estimate of drug-likeness (QED) is 0.370. The van der Waals surface area contributed by atoms with Crippen LogP contribution in [0.1, 0.15) is 26.2 Å². The highest BCUT2D eigenvalue weighted by molar-refractivity contribution is 5.86. The molecule has 0 fully saturated rings. The van der Waals surface area contributed by atoms with Gasteiger partial charge in [0.05, 0.1) is 0 Å². The van der Waals surface area contributed by atoms with Crippen LogP contribution in [0, 0.1) is 0 Å². The number of carbonyl (C=O) groups excluding carboxylic acids is 1. The molecule has 1 amide bonds. The summed E-state index contributed by atoms with van der Waals surface area (Å²) in [5, 5.41) is 1.46. The smallest absolute Gasteiger partial charge is 0.259 e. The van der Waals surface area contributed by atoms with Crippen molar-refractivity contribution in [3.63, 3.8) is 0 Å². The zero-order valence-corrected chi connectivity index (χ0v) is 7.97. The molecule has 0 bridgehead atoms. The predicted molar refractivity (Wildman–Crippen MR) is 50.5 cm³/mol. The lowest BCUT2D eigenvalue weighted by atomic mass is 10.2. The van der Waals surface area contributed by atoms with Gasteiger partial charge in [-0.25, -0.2) is 5.43 Å². The summed E-state index contributed by atoms with van der Waals surface area (Å²) in [5.41, 5.74) is 2.98. The molecule has 0 aromatic heterocycles. The molecular formula is C9H18N2O. The Morgan fingerprint density at radius 2 is 2.25 bits per heavy atom. The van der Waals surface area contributed by atoms with Crippen LogP contribution in [0.3, 0.4) is 0 Å². The van der Waals surface area contributed by atoms with E-state index < -0.39 is 0 Å². The minimum absolute atomic E-state index is 0.0912. The molecule has 3 nitrogen and oxygen atoms in total. The maximum absolute atomic E-state index is 10.9. The molecular weight excluding hydrogens is 152 g/mol. The molecule has 0 rings (SSSR count). The van der Waals surface area contributed by atoms with Gasteiger partial charge in [-0.1, -0.05) is 26.3 Å². The van der Waals surface area contributed by atoms with Gasteiger partial charge < -0.3 is 0 Å². The summed E-state index contributed by atoms with van der Waals surface area (Å²) in [6, 6.07) is 0. The van der Waals surface area contributed by atoms with Gasteiger partial charge in [0.1, 0.15) is 0 Å². The maximum Gasteiger partial charge on any atom is 0.259 e.